The predicted octanol–water partition coefficient (Wildman–Crippen LogP) is 3.21. The molecule has 0 spiro atoms. The summed E-state index contributed by atoms with van der Waals surface area (Å²) in [6.07, 6.45) is 2.17. The normalized spacial score (nSPS) is 23.3. The van der Waals surface area contributed by atoms with Crippen LogP contribution in [0, 0.1) is 5.92 Å². The van der Waals surface area contributed by atoms with Crippen LogP contribution in [0.1, 0.15) is 40.9 Å². The molecule has 4 rings (SSSR count). The SMILES string of the molecule is CCOC(=O)[C@H]1C[C@@H](C(=O)c2ccccc2)N2N=Cc3ccccc3[C@H]12. The first-order valence-electron chi connectivity index (χ1n) is 8.88. The van der Waals surface area contributed by atoms with Crippen LogP contribution in [-0.4, -0.2) is 35.6 Å². The van der Waals surface area contributed by atoms with Gasteiger partial charge in [0.05, 0.1) is 24.8 Å². The van der Waals surface area contributed by atoms with E-state index in [1.54, 1.807) is 30.3 Å². The standard InChI is InChI=1S/C21H20N2O3/c1-2-26-21(25)17-12-18(20(24)14-8-4-3-5-9-14)23-19(17)16-11-7-6-10-15(16)13-22-23/h3-11,13,17-19H,2,12H2,1H3/t17-,18-,19+/m0/s1. The van der Waals surface area contributed by atoms with Crippen molar-refractivity contribution in [3.63, 3.8) is 0 Å². The van der Waals surface area contributed by atoms with Crippen LogP contribution in [0.15, 0.2) is 59.7 Å². The number of carbonyl (C=O) groups is 2. The zero-order valence-corrected chi connectivity index (χ0v) is 14.5. The lowest BCUT2D eigenvalue weighted by atomic mass is 9.89. The molecular weight excluding hydrogens is 328 g/mol. The molecule has 1 fully saturated rings. The van der Waals surface area contributed by atoms with Crippen molar-refractivity contribution in [2.24, 2.45) is 11.0 Å². The minimum atomic E-state index is -0.471. The molecule has 0 bridgehead atoms. The van der Waals surface area contributed by atoms with Gasteiger partial charge in [0.25, 0.3) is 0 Å². The average Bonchev–Trinajstić information content (AvgIpc) is 3.08. The summed E-state index contributed by atoms with van der Waals surface area (Å²) in [4.78, 5) is 25.7. The first kappa shape index (κ1) is 16.5. The third-order valence-corrected chi connectivity index (χ3v) is 5.06. The summed E-state index contributed by atoms with van der Waals surface area (Å²) in [5, 5.41) is 6.32. The van der Waals surface area contributed by atoms with E-state index < -0.39 is 12.0 Å². The van der Waals surface area contributed by atoms with E-state index in [0.29, 0.717) is 18.6 Å². The van der Waals surface area contributed by atoms with E-state index in [1.807, 2.05) is 42.5 Å². The first-order valence-corrected chi connectivity index (χ1v) is 8.88. The zero-order valence-electron chi connectivity index (χ0n) is 14.5. The third-order valence-electron chi connectivity index (χ3n) is 5.06. The number of Topliss-reactive ketones (excluding diaryl/α,β-unsaturated/α-hetero) is 1. The molecule has 132 valence electrons. The number of esters is 1. The van der Waals surface area contributed by atoms with E-state index in [-0.39, 0.29) is 17.8 Å². The largest absolute Gasteiger partial charge is 0.466 e. The second-order valence-corrected chi connectivity index (χ2v) is 6.54. The Labute approximate surface area is 152 Å². The minimum absolute atomic E-state index is 0.0149. The van der Waals surface area contributed by atoms with Crippen LogP contribution in [0.4, 0.5) is 0 Å². The molecule has 0 radical (unpaired) electrons. The van der Waals surface area contributed by atoms with Crippen LogP contribution in [0.25, 0.3) is 0 Å². The molecule has 1 saturated heterocycles. The summed E-state index contributed by atoms with van der Waals surface area (Å²) in [6.45, 7) is 2.12. The fourth-order valence-corrected chi connectivity index (χ4v) is 3.89. The molecule has 0 N–H and O–H groups in total. The van der Waals surface area contributed by atoms with Crippen molar-refractivity contribution >= 4 is 18.0 Å². The van der Waals surface area contributed by atoms with Crippen LogP contribution >= 0.6 is 0 Å². The number of nitrogens with zero attached hydrogens (tertiary/aromatic N) is 2. The molecule has 2 aliphatic heterocycles. The Balaban J connectivity index is 1.73. The van der Waals surface area contributed by atoms with Crippen LogP contribution in [0.3, 0.4) is 0 Å². The summed E-state index contributed by atoms with van der Waals surface area (Å²) < 4.78 is 5.29. The quantitative estimate of drug-likeness (QED) is 0.629. The lowest BCUT2D eigenvalue weighted by Gasteiger charge is -2.32. The monoisotopic (exact) mass is 348 g/mol. The van der Waals surface area contributed by atoms with Crippen molar-refractivity contribution in [3.8, 4) is 0 Å². The molecule has 2 heterocycles. The van der Waals surface area contributed by atoms with Crippen molar-refractivity contribution in [1.29, 1.82) is 0 Å². The van der Waals surface area contributed by atoms with E-state index in [9.17, 15) is 9.59 Å². The zero-order chi connectivity index (χ0) is 18.1. The maximum Gasteiger partial charge on any atom is 0.311 e. The molecular formula is C21H20N2O3. The summed E-state index contributed by atoms with van der Waals surface area (Å²) in [5.41, 5.74) is 2.63. The molecule has 2 aliphatic rings. The summed E-state index contributed by atoms with van der Waals surface area (Å²) in [6, 6.07) is 16.3. The molecule has 3 atom stereocenters. The third kappa shape index (κ3) is 2.69. The average molecular weight is 348 g/mol. The van der Waals surface area contributed by atoms with Gasteiger partial charge in [0, 0.05) is 5.56 Å². The van der Waals surface area contributed by atoms with Gasteiger partial charge >= 0.3 is 5.97 Å². The second-order valence-electron chi connectivity index (χ2n) is 6.54. The van der Waals surface area contributed by atoms with Crippen molar-refractivity contribution in [2.45, 2.75) is 25.4 Å². The fraction of sp³-hybridized carbons (Fsp3) is 0.286. The van der Waals surface area contributed by atoms with E-state index in [1.165, 1.54) is 0 Å². The highest BCUT2D eigenvalue weighted by molar-refractivity contribution is 6.01. The lowest BCUT2D eigenvalue weighted by molar-refractivity contribution is -0.149. The molecule has 0 aromatic heterocycles. The molecule has 0 aliphatic carbocycles. The van der Waals surface area contributed by atoms with Gasteiger partial charge < -0.3 is 4.74 Å². The van der Waals surface area contributed by atoms with E-state index in [4.69, 9.17) is 4.74 Å². The molecule has 0 amide bonds. The van der Waals surface area contributed by atoms with Gasteiger partial charge in [-0.2, -0.15) is 5.10 Å². The summed E-state index contributed by atoms with van der Waals surface area (Å²) in [5.74, 6) is -0.692. The number of carbonyl (C=O) groups excluding carboxylic acids is 2. The summed E-state index contributed by atoms with van der Waals surface area (Å²) >= 11 is 0. The molecule has 26 heavy (non-hydrogen) atoms. The number of hydrazone groups is 1. The number of benzene rings is 2. The smallest absolute Gasteiger partial charge is 0.311 e. The molecule has 5 nitrogen and oxygen atoms in total. The van der Waals surface area contributed by atoms with Gasteiger partial charge in [-0.25, -0.2) is 0 Å². The topological polar surface area (TPSA) is 59.0 Å². The van der Waals surface area contributed by atoms with Crippen molar-refractivity contribution in [1.82, 2.24) is 5.01 Å². The Kier molecular flexibility index (Phi) is 4.29. The minimum Gasteiger partial charge on any atom is -0.466 e. The molecule has 2 aromatic rings. The first-order chi connectivity index (χ1) is 12.7. The Morgan fingerprint density at radius 1 is 1.12 bits per heavy atom. The highest BCUT2D eigenvalue weighted by Crippen LogP contribution is 2.45. The van der Waals surface area contributed by atoms with Crippen molar-refractivity contribution < 1.29 is 14.3 Å². The second kappa shape index (κ2) is 6.75. The Morgan fingerprint density at radius 2 is 1.85 bits per heavy atom. The number of ketones is 1. The number of hydrogen-bond donors (Lipinski definition) is 0. The van der Waals surface area contributed by atoms with Crippen LogP contribution in [0.5, 0.6) is 0 Å². The number of hydrogen-bond acceptors (Lipinski definition) is 5. The maximum atomic E-state index is 13.1. The van der Waals surface area contributed by atoms with E-state index in [2.05, 4.69) is 5.10 Å². The Morgan fingerprint density at radius 3 is 2.62 bits per heavy atom. The van der Waals surface area contributed by atoms with E-state index in [0.717, 1.165) is 11.1 Å². The van der Waals surface area contributed by atoms with Crippen LogP contribution in [0.2, 0.25) is 0 Å². The number of rotatable bonds is 4. The summed E-state index contributed by atoms with van der Waals surface area (Å²) in [7, 11) is 0. The van der Waals surface area contributed by atoms with Gasteiger partial charge in [0.15, 0.2) is 5.78 Å². The van der Waals surface area contributed by atoms with Gasteiger partial charge in [-0.15, -0.1) is 0 Å². The number of ether oxygens (including phenoxy) is 1. The molecule has 0 unspecified atom stereocenters. The Bertz CT molecular complexity index is 863. The van der Waals surface area contributed by atoms with Gasteiger partial charge in [-0.3, -0.25) is 14.6 Å². The van der Waals surface area contributed by atoms with Crippen LogP contribution < -0.4 is 0 Å². The van der Waals surface area contributed by atoms with Gasteiger partial charge in [0.2, 0.25) is 0 Å². The van der Waals surface area contributed by atoms with Gasteiger partial charge in [-0.1, -0.05) is 54.6 Å². The number of fused-ring (bicyclic) bond motifs is 3. The Hall–Kier alpha value is -2.95. The highest BCUT2D eigenvalue weighted by atomic mass is 16.5. The van der Waals surface area contributed by atoms with Crippen LogP contribution in [-0.2, 0) is 9.53 Å². The van der Waals surface area contributed by atoms with E-state index >= 15 is 0 Å². The van der Waals surface area contributed by atoms with Crippen molar-refractivity contribution in [2.75, 3.05) is 6.61 Å². The predicted molar refractivity (Wildman–Crippen MR) is 97.9 cm³/mol. The van der Waals surface area contributed by atoms with Crippen molar-refractivity contribution in [3.05, 3.63) is 71.3 Å². The fourth-order valence-electron chi connectivity index (χ4n) is 3.89. The molecule has 2 aromatic carbocycles. The van der Waals surface area contributed by atoms with Gasteiger partial charge in [0.1, 0.15) is 6.04 Å². The maximum absolute atomic E-state index is 13.1. The molecule has 5 heteroatoms. The lowest BCUT2D eigenvalue weighted by Crippen LogP contribution is -2.36. The molecule has 0 saturated carbocycles. The van der Waals surface area contributed by atoms with Gasteiger partial charge in [-0.05, 0) is 24.5 Å². The highest BCUT2D eigenvalue weighted by Gasteiger charge is 2.50.